The molecule has 6 rings (SSSR count). The van der Waals surface area contributed by atoms with Crippen LogP contribution in [-0.4, -0.2) is 82.4 Å². The first-order valence-corrected chi connectivity index (χ1v) is 27.6. The second kappa shape index (κ2) is 16.4. The SMILES string of the molecule is COc1ccc(C(Nc2ncnc3c2ncn3[C@@H]2O[C@H](CO[Si](C)(C)C(C)(C)C)[C@@](C#N)(OS(C)(=O)=O)[C@H]2O[Si](C)(C)C(C)(C)C)(c2ccccc2)c2ccccc2)cc1. The summed E-state index contributed by atoms with van der Waals surface area (Å²) in [6.07, 6.45) is 0.399. The zero-order valence-electron chi connectivity index (χ0n) is 36.7. The molecule has 13 nitrogen and oxygen atoms in total. The van der Waals surface area contributed by atoms with Crippen LogP contribution in [0.4, 0.5) is 5.82 Å². The summed E-state index contributed by atoms with van der Waals surface area (Å²) in [6, 6.07) is 30.3. The number of fused-ring (bicyclic) bond motifs is 1. The lowest BCUT2D eigenvalue weighted by molar-refractivity contribution is -0.0513. The second-order valence-electron chi connectivity index (χ2n) is 18.5. The van der Waals surface area contributed by atoms with Gasteiger partial charge in [0.15, 0.2) is 39.8 Å². The van der Waals surface area contributed by atoms with Gasteiger partial charge in [0.25, 0.3) is 10.1 Å². The molecular formula is C44H58N6O7SSi2. The molecule has 0 amide bonds. The highest BCUT2D eigenvalue weighted by molar-refractivity contribution is 7.86. The predicted molar refractivity (Wildman–Crippen MR) is 238 cm³/mol. The highest BCUT2D eigenvalue weighted by atomic mass is 32.2. The number of benzene rings is 3. The lowest BCUT2D eigenvalue weighted by Crippen LogP contribution is -2.57. The molecule has 3 aromatic carbocycles. The quantitative estimate of drug-likeness (QED) is 0.0643. The molecule has 4 atom stereocenters. The molecule has 1 aliphatic heterocycles. The standard InChI is InChI=1S/C44H58N6O7SSi2/c1-41(2,3)59(9,10)54-27-35-43(28-45,57-58(8,51)52)37(56-60(11,12)42(4,5)6)40(55-35)50-30-48-36-38(46-29-47-39(36)50)49-44(31-19-15-13-16-20-31,32-21-17-14-18-22-32)33-23-25-34(53-7)26-24-33/h13-26,29-30,35,37,40H,27H2,1-12H3,(H,46,47,49)/t35-,37+,40-,43-/m1/s1. The first-order valence-electron chi connectivity index (χ1n) is 20.0. The van der Waals surface area contributed by atoms with Crippen molar-refractivity contribution in [3.8, 4) is 11.8 Å². The molecule has 60 heavy (non-hydrogen) atoms. The van der Waals surface area contributed by atoms with E-state index in [0.717, 1.165) is 22.9 Å². The monoisotopic (exact) mass is 870 g/mol. The Hall–Kier alpha value is -4.48. The van der Waals surface area contributed by atoms with Gasteiger partial charge in [-0.3, -0.25) is 4.57 Å². The number of nitriles is 1. The summed E-state index contributed by atoms with van der Waals surface area (Å²) < 4.78 is 60.0. The van der Waals surface area contributed by atoms with E-state index in [1.54, 1.807) is 18.0 Å². The Labute approximate surface area is 356 Å². The number of methoxy groups -OCH3 is 1. The van der Waals surface area contributed by atoms with Gasteiger partial charge in [0.2, 0.25) is 5.60 Å². The van der Waals surface area contributed by atoms with Crippen molar-refractivity contribution >= 4 is 43.7 Å². The van der Waals surface area contributed by atoms with E-state index in [2.05, 4.69) is 90.3 Å². The van der Waals surface area contributed by atoms with Crippen molar-refractivity contribution in [2.75, 3.05) is 25.3 Å². The van der Waals surface area contributed by atoms with Crippen LogP contribution >= 0.6 is 0 Å². The molecule has 5 aromatic rings. The van der Waals surface area contributed by atoms with Crippen molar-refractivity contribution in [2.45, 2.75) is 107 Å². The summed E-state index contributed by atoms with van der Waals surface area (Å²) in [5, 5.41) is 14.5. The van der Waals surface area contributed by atoms with Crippen molar-refractivity contribution in [2.24, 2.45) is 0 Å². The van der Waals surface area contributed by atoms with Gasteiger partial charge < -0.3 is 23.6 Å². The number of anilines is 1. The zero-order valence-corrected chi connectivity index (χ0v) is 39.5. The fourth-order valence-corrected chi connectivity index (χ4v) is 10.0. The van der Waals surface area contributed by atoms with Gasteiger partial charge in [-0.2, -0.15) is 13.7 Å². The minimum absolute atomic E-state index is 0.111. The molecule has 1 N–H and O–H groups in total. The van der Waals surface area contributed by atoms with Crippen LogP contribution in [0.5, 0.6) is 5.75 Å². The Balaban J connectivity index is 1.55. The maximum atomic E-state index is 13.2. The molecule has 1 fully saturated rings. The molecule has 1 saturated heterocycles. The summed E-state index contributed by atoms with van der Waals surface area (Å²) in [7, 11) is -7.82. The Morgan fingerprint density at radius 3 is 1.88 bits per heavy atom. The number of aromatic nitrogens is 4. The third-order valence-corrected chi connectivity index (χ3v) is 22.0. The zero-order chi connectivity index (χ0) is 43.9. The number of ether oxygens (including phenoxy) is 2. The van der Waals surface area contributed by atoms with Crippen LogP contribution in [0.3, 0.4) is 0 Å². The Morgan fingerprint density at radius 1 is 0.833 bits per heavy atom. The Kier molecular flexibility index (Phi) is 12.3. The average Bonchev–Trinajstić information content (AvgIpc) is 3.74. The Bertz CT molecular complexity index is 2390. The lowest BCUT2D eigenvalue weighted by atomic mass is 9.77. The number of hydrogen-bond donors (Lipinski definition) is 1. The molecule has 0 aliphatic carbocycles. The van der Waals surface area contributed by atoms with E-state index in [1.165, 1.54) is 6.33 Å². The van der Waals surface area contributed by atoms with Crippen LogP contribution in [0.15, 0.2) is 97.6 Å². The summed E-state index contributed by atoms with van der Waals surface area (Å²) >= 11 is 0. The third kappa shape index (κ3) is 8.54. The molecule has 0 saturated carbocycles. The molecule has 0 unspecified atom stereocenters. The summed E-state index contributed by atoms with van der Waals surface area (Å²) in [5.41, 5.74) is 0.447. The van der Waals surface area contributed by atoms with Gasteiger partial charge in [0, 0.05) is 0 Å². The summed E-state index contributed by atoms with van der Waals surface area (Å²) in [6.45, 7) is 20.6. The van der Waals surface area contributed by atoms with Crippen molar-refractivity contribution in [3.63, 3.8) is 0 Å². The molecule has 0 spiro atoms. The number of imidazole rings is 1. The van der Waals surface area contributed by atoms with Crippen LogP contribution < -0.4 is 10.1 Å². The number of nitrogens with one attached hydrogen (secondary N) is 1. The van der Waals surface area contributed by atoms with Gasteiger partial charge >= 0.3 is 0 Å². The molecule has 16 heteroatoms. The average molecular weight is 871 g/mol. The maximum absolute atomic E-state index is 13.2. The smallest absolute Gasteiger partial charge is 0.266 e. The summed E-state index contributed by atoms with van der Waals surface area (Å²) in [5.74, 6) is 1.13. The van der Waals surface area contributed by atoms with Crippen LogP contribution in [0, 0.1) is 11.3 Å². The van der Waals surface area contributed by atoms with Crippen molar-refractivity contribution < 1.29 is 30.9 Å². The highest BCUT2D eigenvalue weighted by Crippen LogP contribution is 2.49. The number of hydrogen-bond acceptors (Lipinski definition) is 12. The van der Waals surface area contributed by atoms with Crippen molar-refractivity contribution in [1.29, 1.82) is 5.26 Å². The van der Waals surface area contributed by atoms with Gasteiger partial charge in [-0.1, -0.05) is 114 Å². The van der Waals surface area contributed by atoms with Crippen molar-refractivity contribution in [1.82, 2.24) is 19.5 Å². The lowest BCUT2D eigenvalue weighted by Gasteiger charge is -2.42. The van der Waals surface area contributed by atoms with E-state index in [1.807, 2.05) is 73.8 Å². The van der Waals surface area contributed by atoms with E-state index in [0.29, 0.717) is 22.7 Å². The molecule has 2 aromatic heterocycles. The largest absolute Gasteiger partial charge is 0.497 e. The van der Waals surface area contributed by atoms with Crippen LogP contribution in [0.25, 0.3) is 11.2 Å². The first kappa shape index (κ1) is 45.1. The van der Waals surface area contributed by atoms with Gasteiger partial charge in [-0.05, 0) is 65.1 Å². The predicted octanol–water partition coefficient (Wildman–Crippen LogP) is 8.79. The number of rotatable bonds is 14. The van der Waals surface area contributed by atoms with E-state index in [4.69, 9.17) is 37.5 Å². The van der Waals surface area contributed by atoms with Gasteiger partial charge in [0.05, 0.1) is 26.3 Å². The third-order valence-electron chi connectivity index (χ3n) is 12.4. The van der Waals surface area contributed by atoms with E-state index in [9.17, 15) is 13.7 Å². The fourth-order valence-electron chi connectivity index (χ4n) is 7.00. The van der Waals surface area contributed by atoms with Crippen LogP contribution in [-0.2, 0) is 33.4 Å². The van der Waals surface area contributed by atoms with Gasteiger partial charge in [-0.25, -0.2) is 19.1 Å². The molecular weight excluding hydrogens is 813 g/mol. The van der Waals surface area contributed by atoms with Crippen LogP contribution in [0.1, 0.15) is 64.5 Å². The molecule has 1 aliphatic rings. The second-order valence-corrected chi connectivity index (χ2v) is 29.6. The molecule has 320 valence electrons. The topological polar surface area (TPSA) is 160 Å². The molecule has 0 radical (unpaired) electrons. The highest BCUT2D eigenvalue weighted by Gasteiger charge is 2.64. The normalized spacial score (nSPS) is 20.6. The molecule has 3 heterocycles. The van der Waals surface area contributed by atoms with Gasteiger partial charge in [-0.15, -0.1) is 0 Å². The van der Waals surface area contributed by atoms with E-state index in [-0.39, 0.29) is 16.7 Å². The first-order chi connectivity index (χ1) is 28.0. The number of nitrogens with zero attached hydrogens (tertiary/aromatic N) is 5. The fraction of sp³-hybridized carbons (Fsp3) is 0.455. The van der Waals surface area contributed by atoms with Gasteiger partial charge in [0.1, 0.15) is 35.9 Å². The minimum atomic E-state index is -4.24. The van der Waals surface area contributed by atoms with E-state index < -0.39 is 56.3 Å². The van der Waals surface area contributed by atoms with Crippen LogP contribution in [0.2, 0.25) is 36.3 Å². The van der Waals surface area contributed by atoms with Crippen molar-refractivity contribution in [3.05, 3.63) is 114 Å². The minimum Gasteiger partial charge on any atom is -0.497 e. The Morgan fingerprint density at radius 2 is 1.38 bits per heavy atom. The molecule has 0 bridgehead atoms. The summed E-state index contributed by atoms with van der Waals surface area (Å²) in [4.78, 5) is 14.4. The maximum Gasteiger partial charge on any atom is 0.266 e. The van der Waals surface area contributed by atoms with E-state index >= 15 is 0 Å².